The minimum Gasteiger partial charge on any atom is -0.373 e. The van der Waals surface area contributed by atoms with Gasteiger partial charge in [-0.05, 0) is 68.8 Å². The van der Waals surface area contributed by atoms with Gasteiger partial charge < -0.3 is 15.5 Å². The molecule has 2 heterocycles. The molecule has 3 heteroatoms. The molecule has 230 valence electrons. The first-order valence-corrected chi connectivity index (χ1v) is 17.0. The van der Waals surface area contributed by atoms with E-state index in [1.165, 1.54) is 50.2 Å². The van der Waals surface area contributed by atoms with Crippen molar-refractivity contribution in [3.05, 3.63) is 209 Å². The number of nitrogens with one attached hydrogen (secondary N) is 2. The smallest absolute Gasteiger partial charge is 0.125 e. The van der Waals surface area contributed by atoms with E-state index < -0.39 is 5.41 Å². The molecule has 4 aliphatic rings. The van der Waals surface area contributed by atoms with Crippen LogP contribution in [0.3, 0.4) is 0 Å². The van der Waals surface area contributed by atoms with E-state index in [0.717, 1.165) is 11.4 Å². The average Bonchev–Trinajstić information content (AvgIpc) is 3.64. The number of hydrogen-bond acceptors (Lipinski definition) is 3. The van der Waals surface area contributed by atoms with Gasteiger partial charge in [-0.15, -0.1) is 0 Å². The van der Waals surface area contributed by atoms with Crippen LogP contribution in [-0.4, -0.2) is 12.2 Å². The van der Waals surface area contributed by atoms with E-state index in [9.17, 15) is 0 Å². The molecule has 4 unspecified atom stereocenters. The Labute approximate surface area is 281 Å². The van der Waals surface area contributed by atoms with Gasteiger partial charge >= 0.3 is 0 Å². The maximum Gasteiger partial charge on any atom is 0.125 e. The van der Waals surface area contributed by atoms with Crippen molar-refractivity contribution in [3.63, 3.8) is 0 Å². The minimum absolute atomic E-state index is 0.0307. The summed E-state index contributed by atoms with van der Waals surface area (Å²) in [5.74, 6) is 0.251. The fraction of sp³-hybridized carbons (Fsp3) is 0.111. The second-order valence-electron chi connectivity index (χ2n) is 13.3. The number of nitrogens with zero attached hydrogens (tertiary/aromatic N) is 1. The lowest BCUT2D eigenvalue weighted by atomic mass is 9.67. The third-order valence-electron chi connectivity index (χ3n) is 11.0. The zero-order valence-electron chi connectivity index (χ0n) is 26.5. The van der Waals surface area contributed by atoms with Gasteiger partial charge in [0.2, 0.25) is 0 Å². The number of rotatable bonds is 4. The van der Waals surface area contributed by atoms with E-state index in [-0.39, 0.29) is 24.2 Å². The van der Waals surface area contributed by atoms with Crippen molar-refractivity contribution in [1.82, 2.24) is 0 Å². The molecule has 6 aromatic carbocycles. The molecule has 0 spiro atoms. The SMILES string of the molecule is C1=CC2c3cc4c(cc3N(C3Nc5ccccc5NC3c3ccccc3)C2C=C1)C(c1ccccc1)(c1ccccc1)c1ccccc1-4. The second kappa shape index (κ2) is 10.6. The summed E-state index contributed by atoms with van der Waals surface area (Å²) in [7, 11) is 0. The topological polar surface area (TPSA) is 27.3 Å². The van der Waals surface area contributed by atoms with Gasteiger partial charge in [0.25, 0.3) is 0 Å². The van der Waals surface area contributed by atoms with Crippen molar-refractivity contribution in [2.75, 3.05) is 15.5 Å². The Kier molecular flexibility index (Phi) is 6.04. The van der Waals surface area contributed by atoms with Crippen LogP contribution in [0.5, 0.6) is 0 Å². The van der Waals surface area contributed by atoms with Gasteiger partial charge in [0, 0.05) is 11.6 Å². The molecular weight excluding hydrogens is 583 g/mol. The summed E-state index contributed by atoms with van der Waals surface area (Å²) < 4.78 is 0. The van der Waals surface area contributed by atoms with E-state index in [1.807, 2.05) is 0 Å². The van der Waals surface area contributed by atoms with Gasteiger partial charge in [-0.2, -0.15) is 0 Å². The first-order chi connectivity index (χ1) is 23.8. The molecule has 2 aliphatic carbocycles. The van der Waals surface area contributed by atoms with Crippen LogP contribution in [-0.2, 0) is 5.41 Å². The van der Waals surface area contributed by atoms with Gasteiger partial charge in [-0.3, -0.25) is 0 Å². The molecule has 3 nitrogen and oxygen atoms in total. The van der Waals surface area contributed by atoms with Crippen LogP contribution >= 0.6 is 0 Å². The summed E-state index contributed by atoms with van der Waals surface area (Å²) in [6, 6.07) is 56.1. The van der Waals surface area contributed by atoms with Gasteiger partial charge in [0.1, 0.15) is 6.17 Å². The van der Waals surface area contributed by atoms with E-state index >= 15 is 0 Å². The summed E-state index contributed by atoms with van der Waals surface area (Å²) >= 11 is 0. The number of allylic oxidation sites excluding steroid dienone is 2. The quantitative estimate of drug-likeness (QED) is 0.206. The number of anilines is 3. The van der Waals surface area contributed by atoms with E-state index in [0.29, 0.717) is 0 Å². The molecule has 0 amide bonds. The maximum absolute atomic E-state index is 4.04. The number of fused-ring (bicyclic) bond motifs is 7. The van der Waals surface area contributed by atoms with E-state index in [1.54, 1.807) is 0 Å². The summed E-state index contributed by atoms with van der Waals surface area (Å²) in [4.78, 5) is 2.67. The van der Waals surface area contributed by atoms with Crippen LogP contribution in [0.4, 0.5) is 17.1 Å². The van der Waals surface area contributed by atoms with Crippen molar-refractivity contribution in [2.24, 2.45) is 0 Å². The molecule has 0 saturated heterocycles. The first kappa shape index (κ1) is 27.3. The second-order valence-corrected chi connectivity index (χ2v) is 13.3. The van der Waals surface area contributed by atoms with Crippen LogP contribution < -0.4 is 15.5 Å². The minimum atomic E-state index is -0.446. The highest BCUT2D eigenvalue weighted by atomic mass is 15.4. The highest BCUT2D eigenvalue weighted by molar-refractivity contribution is 5.90. The zero-order valence-corrected chi connectivity index (χ0v) is 26.5. The van der Waals surface area contributed by atoms with E-state index in [4.69, 9.17) is 0 Å². The Hall–Kier alpha value is -5.80. The maximum atomic E-state index is 4.04. The third kappa shape index (κ3) is 3.82. The molecule has 2 aliphatic heterocycles. The first-order valence-electron chi connectivity index (χ1n) is 17.0. The number of para-hydroxylation sites is 2. The lowest BCUT2D eigenvalue weighted by molar-refractivity contribution is 0.527. The van der Waals surface area contributed by atoms with Gasteiger partial charge in [0.15, 0.2) is 0 Å². The molecule has 0 saturated carbocycles. The van der Waals surface area contributed by atoms with Gasteiger partial charge in [-0.1, -0.05) is 152 Å². The number of benzene rings is 6. The van der Waals surface area contributed by atoms with Crippen molar-refractivity contribution in [2.45, 2.75) is 29.6 Å². The van der Waals surface area contributed by atoms with Crippen molar-refractivity contribution in [1.29, 1.82) is 0 Å². The third-order valence-corrected chi connectivity index (χ3v) is 11.0. The molecular formula is C45H35N3. The standard InChI is InChI=1S/C45H35N3/c1-4-16-30(17-5-1)43-44(47-40-26-14-13-25-39(40)46-43)48-41-27-15-11-23-34(41)36-28-35-33-22-10-12-24-37(33)45(38(35)29-42(36)48,31-18-6-2-7-19-31)32-20-8-3-9-21-32/h1-29,34,41,43-44,46-47H. The lowest BCUT2D eigenvalue weighted by Gasteiger charge is -2.45. The molecule has 2 N–H and O–H groups in total. The largest absolute Gasteiger partial charge is 0.373 e. The molecule has 6 aromatic rings. The van der Waals surface area contributed by atoms with Crippen LogP contribution in [0.15, 0.2) is 176 Å². The highest BCUT2D eigenvalue weighted by Gasteiger charge is 2.50. The number of hydrogen-bond donors (Lipinski definition) is 2. The van der Waals surface area contributed by atoms with Crippen LogP contribution in [0.1, 0.15) is 45.3 Å². The predicted molar refractivity (Wildman–Crippen MR) is 198 cm³/mol. The fourth-order valence-corrected chi connectivity index (χ4v) is 9.01. The molecule has 4 atom stereocenters. The van der Waals surface area contributed by atoms with Crippen LogP contribution in [0.2, 0.25) is 0 Å². The average molecular weight is 618 g/mol. The Morgan fingerprint density at radius 1 is 0.521 bits per heavy atom. The van der Waals surface area contributed by atoms with E-state index in [2.05, 4.69) is 191 Å². The molecule has 0 bridgehead atoms. The highest BCUT2D eigenvalue weighted by Crippen LogP contribution is 2.60. The summed E-state index contributed by atoms with van der Waals surface area (Å²) in [6.07, 6.45) is 9.22. The molecule has 48 heavy (non-hydrogen) atoms. The van der Waals surface area contributed by atoms with Crippen LogP contribution in [0, 0.1) is 0 Å². The Bertz CT molecular complexity index is 2180. The van der Waals surface area contributed by atoms with Crippen LogP contribution in [0.25, 0.3) is 11.1 Å². The van der Waals surface area contributed by atoms with Gasteiger partial charge in [0.05, 0.1) is 28.9 Å². The Morgan fingerprint density at radius 2 is 1.12 bits per heavy atom. The lowest BCUT2D eigenvalue weighted by Crippen LogP contribution is -2.52. The summed E-state index contributed by atoms with van der Waals surface area (Å²) in [5, 5.41) is 7.99. The monoisotopic (exact) mass is 617 g/mol. The van der Waals surface area contributed by atoms with Gasteiger partial charge in [-0.25, -0.2) is 0 Å². The van der Waals surface area contributed by atoms with Crippen molar-refractivity contribution in [3.8, 4) is 11.1 Å². The zero-order chi connectivity index (χ0) is 31.7. The normalized spacial score (nSPS) is 22.0. The predicted octanol–water partition coefficient (Wildman–Crippen LogP) is 10.1. The van der Waals surface area contributed by atoms with Crippen molar-refractivity contribution >= 4 is 17.1 Å². The summed E-state index contributed by atoms with van der Waals surface area (Å²) in [5.41, 5.74) is 13.7. The fourth-order valence-electron chi connectivity index (χ4n) is 9.01. The molecule has 0 fully saturated rings. The van der Waals surface area contributed by atoms with Crippen molar-refractivity contribution < 1.29 is 0 Å². The summed E-state index contributed by atoms with van der Waals surface area (Å²) in [6.45, 7) is 0. The molecule has 0 radical (unpaired) electrons. The Balaban J connectivity index is 1.24. The Morgan fingerprint density at radius 3 is 1.85 bits per heavy atom. The molecule has 0 aromatic heterocycles. The molecule has 10 rings (SSSR count).